The summed E-state index contributed by atoms with van der Waals surface area (Å²) in [5.74, 6) is -0.769. The van der Waals surface area contributed by atoms with Gasteiger partial charge in [0.05, 0.1) is 11.9 Å². The molecule has 0 radical (unpaired) electrons. The molecule has 6 heteroatoms. The third-order valence-corrected chi connectivity index (χ3v) is 1.80. The maximum atomic E-state index is 10.7. The van der Waals surface area contributed by atoms with Crippen LogP contribution in [0.15, 0.2) is 12.3 Å². The Morgan fingerprint density at radius 3 is 3.00 bits per heavy atom. The first kappa shape index (κ1) is 11.5. The van der Waals surface area contributed by atoms with Gasteiger partial charge in [0.1, 0.15) is 0 Å². The maximum Gasteiger partial charge on any atom is 0.358 e. The van der Waals surface area contributed by atoms with Gasteiger partial charge < -0.3 is 10.8 Å². The number of carbonyl (C=O) groups is 1. The molecule has 0 spiro atoms. The Kier molecular flexibility index (Phi) is 4.05. The lowest BCUT2D eigenvalue weighted by molar-refractivity contribution is 0.0691. The molecule has 0 aliphatic heterocycles. The first-order chi connectivity index (χ1) is 7.15. The number of hydrogen-bond acceptors (Lipinski definition) is 4. The van der Waals surface area contributed by atoms with Gasteiger partial charge in [-0.25, -0.2) is 14.8 Å². The third-order valence-electron chi connectivity index (χ3n) is 1.59. The maximum absolute atomic E-state index is 10.7. The fourth-order valence-corrected chi connectivity index (χ4v) is 1.04. The Labute approximate surface area is 91.6 Å². The molecule has 0 aliphatic carbocycles. The number of aromatic carboxylic acids is 1. The largest absolute Gasteiger partial charge is 0.476 e. The lowest BCUT2D eigenvalue weighted by atomic mass is 10.3. The zero-order valence-corrected chi connectivity index (χ0v) is 8.61. The summed E-state index contributed by atoms with van der Waals surface area (Å²) in [7, 11) is 0. The second-order valence-corrected chi connectivity index (χ2v) is 3.09. The van der Waals surface area contributed by atoms with Crippen LogP contribution in [0.3, 0.4) is 0 Å². The second-order valence-electron chi connectivity index (χ2n) is 2.71. The fourth-order valence-electron chi connectivity index (χ4n) is 0.917. The van der Waals surface area contributed by atoms with E-state index in [-0.39, 0.29) is 11.5 Å². The number of aromatic nitrogens is 2. The monoisotopic (exact) mass is 227 g/mol. The molecule has 15 heavy (non-hydrogen) atoms. The summed E-state index contributed by atoms with van der Waals surface area (Å²) >= 11 is 5.47. The summed E-state index contributed by atoms with van der Waals surface area (Å²) in [6.45, 7) is 0. The van der Waals surface area contributed by atoms with Crippen molar-refractivity contribution in [2.75, 3.05) is 11.6 Å². The lowest BCUT2D eigenvalue weighted by Crippen LogP contribution is -2.08. The minimum Gasteiger partial charge on any atom is -0.476 e. The van der Waals surface area contributed by atoms with Crippen molar-refractivity contribution in [1.82, 2.24) is 9.97 Å². The smallest absolute Gasteiger partial charge is 0.358 e. The summed E-state index contributed by atoms with van der Waals surface area (Å²) in [5.41, 5.74) is 5.56. The Morgan fingerprint density at radius 1 is 1.67 bits per heavy atom. The quantitative estimate of drug-likeness (QED) is 0.759. The molecule has 1 heterocycles. The van der Waals surface area contributed by atoms with Crippen molar-refractivity contribution in [1.29, 1.82) is 0 Å². The van der Waals surface area contributed by atoms with Crippen LogP contribution < -0.4 is 5.73 Å². The molecule has 0 saturated carbocycles. The van der Waals surface area contributed by atoms with Crippen molar-refractivity contribution in [2.24, 2.45) is 0 Å². The number of rotatable bonds is 4. The summed E-state index contributed by atoms with van der Waals surface area (Å²) in [4.78, 5) is 18.2. The Morgan fingerprint density at radius 2 is 2.40 bits per heavy atom. The molecule has 3 N–H and O–H groups in total. The molecular formula is C9H10ClN3O2. The molecule has 0 fully saturated rings. The van der Waals surface area contributed by atoms with Gasteiger partial charge in [-0.15, -0.1) is 11.6 Å². The van der Waals surface area contributed by atoms with E-state index in [1.807, 2.05) is 0 Å². The van der Waals surface area contributed by atoms with E-state index in [4.69, 9.17) is 22.4 Å². The zero-order valence-electron chi connectivity index (χ0n) is 7.85. The number of carboxylic acids is 1. The highest BCUT2D eigenvalue weighted by Crippen LogP contribution is 2.07. The van der Waals surface area contributed by atoms with E-state index in [0.29, 0.717) is 18.0 Å². The topological polar surface area (TPSA) is 89.1 Å². The molecule has 0 aromatic carbocycles. The number of carboxylic acid groups (broad SMARTS) is 1. The Hall–Kier alpha value is -1.62. The van der Waals surface area contributed by atoms with E-state index in [0.717, 1.165) is 0 Å². The predicted molar refractivity (Wildman–Crippen MR) is 57.8 cm³/mol. The number of nitrogens with two attached hydrogens (primary N) is 1. The van der Waals surface area contributed by atoms with Gasteiger partial charge in [-0.2, -0.15) is 0 Å². The average molecular weight is 228 g/mol. The first-order valence-corrected chi connectivity index (χ1v) is 4.77. The molecule has 1 rings (SSSR count). The highest BCUT2D eigenvalue weighted by Gasteiger charge is 2.10. The molecule has 0 amide bonds. The van der Waals surface area contributed by atoms with Crippen LogP contribution in [0.2, 0.25) is 0 Å². The Bertz CT molecular complexity index is 393. The van der Waals surface area contributed by atoms with Crippen molar-refractivity contribution in [2.45, 2.75) is 6.42 Å². The van der Waals surface area contributed by atoms with Gasteiger partial charge in [0.15, 0.2) is 11.5 Å². The number of anilines is 1. The van der Waals surface area contributed by atoms with Gasteiger partial charge >= 0.3 is 5.97 Å². The first-order valence-electron chi connectivity index (χ1n) is 4.23. The second kappa shape index (κ2) is 5.31. The van der Waals surface area contributed by atoms with Gasteiger partial charge in [-0.3, -0.25) is 0 Å². The number of alkyl halides is 1. The number of nitrogen functional groups attached to an aromatic ring is 1. The van der Waals surface area contributed by atoms with Crippen LogP contribution in [0, 0.1) is 0 Å². The highest BCUT2D eigenvalue weighted by molar-refractivity contribution is 6.17. The zero-order chi connectivity index (χ0) is 11.3. The van der Waals surface area contributed by atoms with E-state index in [1.165, 1.54) is 6.20 Å². The SMILES string of the molecule is Nc1ncc(C=CCCCl)nc1C(=O)O. The van der Waals surface area contributed by atoms with Crippen LogP contribution >= 0.6 is 11.6 Å². The molecule has 0 bridgehead atoms. The molecule has 0 saturated heterocycles. The van der Waals surface area contributed by atoms with Crippen LogP contribution in [0.4, 0.5) is 5.82 Å². The lowest BCUT2D eigenvalue weighted by Gasteiger charge is -1.99. The van der Waals surface area contributed by atoms with Gasteiger partial charge in [0.2, 0.25) is 0 Å². The number of nitrogens with zero attached hydrogens (tertiary/aromatic N) is 2. The molecule has 0 unspecified atom stereocenters. The minimum atomic E-state index is -1.19. The number of allylic oxidation sites excluding steroid dienone is 1. The normalized spacial score (nSPS) is 10.7. The average Bonchev–Trinajstić information content (AvgIpc) is 2.20. The number of hydrogen-bond donors (Lipinski definition) is 2. The van der Waals surface area contributed by atoms with Crippen molar-refractivity contribution in [3.63, 3.8) is 0 Å². The summed E-state index contributed by atoms with van der Waals surface area (Å²) < 4.78 is 0. The predicted octanol–water partition coefficient (Wildman–Crippen LogP) is 1.40. The van der Waals surface area contributed by atoms with Crippen molar-refractivity contribution >= 4 is 29.5 Å². The molecule has 0 aliphatic rings. The molecule has 1 aromatic rings. The van der Waals surface area contributed by atoms with Crippen LogP contribution in [-0.2, 0) is 0 Å². The molecular weight excluding hydrogens is 218 g/mol. The Balaban J connectivity index is 2.92. The van der Waals surface area contributed by atoms with Crippen molar-refractivity contribution < 1.29 is 9.90 Å². The summed E-state index contributed by atoms with van der Waals surface area (Å²) in [6.07, 6.45) is 5.54. The highest BCUT2D eigenvalue weighted by atomic mass is 35.5. The molecule has 1 aromatic heterocycles. The van der Waals surface area contributed by atoms with Crippen LogP contribution in [0.25, 0.3) is 6.08 Å². The van der Waals surface area contributed by atoms with E-state index < -0.39 is 5.97 Å². The van der Waals surface area contributed by atoms with E-state index in [9.17, 15) is 4.79 Å². The summed E-state index contributed by atoms with van der Waals surface area (Å²) in [5, 5.41) is 8.73. The molecule has 5 nitrogen and oxygen atoms in total. The molecule has 0 atom stereocenters. The van der Waals surface area contributed by atoms with Gasteiger partial charge in [-0.1, -0.05) is 6.08 Å². The summed E-state index contributed by atoms with van der Waals surface area (Å²) in [6, 6.07) is 0. The van der Waals surface area contributed by atoms with Crippen LogP contribution in [-0.4, -0.2) is 26.9 Å². The molecule has 80 valence electrons. The van der Waals surface area contributed by atoms with E-state index in [2.05, 4.69) is 9.97 Å². The van der Waals surface area contributed by atoms with Gasteiger partial charge in [-0.05, 0) is 12.5 Å². The van der Waals surface area contributed by atoms with Gasteiger partial charge in [0.25, 0.3) is 0 Å². The van der Waals surface area contributed by atoms with E-state index in [1.54, 1.807) is 12.2 Å². The van der Waals surface area contributed by atoms with E-state index >= 15 is 0 Å². The minimum absolute atomic E-state index is 0.0861. The van der Waals surface area contributed by atoms with Gasteiger partial charge in [0, 0.05) is 5.88 Å². The standard InChI is InChI=1S/C9H10ClN3O2/c10-4-2-1-3-6-5-12-8(11)7(13-6)9(14)15/h1,3,5H,2,4H2,(H2,11,12)(H,14,15). The van der Waals surface area contributed by atoms with Crippen molar-refractivity contribution in [3.05, 3.63) is 23.7 Å². The van der Waals surface area contributed by atoms with Crippen LogP contribution in [0.5, 0.6) is 0 Å². The fraction of sp³-hybridized carbons (Fsp3) is 0.222. The number of halogens is 1. The van der Waals surface area contributed by atoms with Crippen LogP contribution in [0.1, 0.15) is 22.6 Å². The van der Waals surface area contributed by atoms with Crippen molar-refractivity contribution in [3.8, 4) is 0 Å². The third kappa shape index (κ3) is 3.21.